The Bertz CT molecular complexity index is 1060. The number of para-hydroxylation sites is 1. The van der Waals surface area contributed by atoms with Crippen molar-refractivity contribution in [2.75, 3.05) is 42.9 Å². The van der Waals surface area contributed by atoms with Crippen molar-refractivity contribution in [2.45, 2.75) is 26.7 Å². The molecule has 0 spiro atoms. The lowest BCUT2D eigenvalue weighted by atomic mass is 10.0. The van der Waals surface area contributed by atoms with Crippen LogP contribution in [0, 0.1) is 6.92 Å². The second-order valence-corrected chi connectivity index (χ2v) is 8.60. The maximum atomic E-state index is 12.8. The molecule has 0 atom stereocenters. The fourth-order valence-corrected chi connectivity index (χ4v) is 3.98. The first-order chi connectivity index (χ1) is 15.5. The number of anilines is 2. The first-order valence-electron chi connectivity index (χ1n) is 11.3. The molecule has 0 aliphatic carbocycles. The van der Waals surface area contributed by atoms with Crippen molar-refractivity contribution in [3.05, 3.63) is 72.2 Å². The van der Waals surface area contributed by atoms with E-state index >= 15 is 0 Å². The van der Waals surface area contributed by atoms with Crippen LogP contribution in [0.15, 0.2) is 60.7 Å². The van der Waals surface area contributed by atoms with Crippen LogP contribution < -0.4 is 10.2 Å². The van der Waals surface area contributed by atoms with Crippen molar-refractivity contribution in [1.29, 1.82) is 0 Å². The Kier molecular flexibility index (Phi) is 6.81. The van der Waals surface area contributed by atoms with Gasteiger partial charge in [-0.3, -0.25) is 9.69 Å². The van der Waals surface area contributed by atoms with Crippen LogP contribution in [0.4, 0.5) is 11.5 Å². The van der Waals surface area contributed by atoms with Gasteiger partial charge < -0.3 is 10.2 Å². The summed E-state index contributed by atoms with van der Waals surface area (Å²) in [6.45, 7) is 9.99. The molecule has 1 amide bonds. The third kappa shape index (κ3) is 5.32. The van der Waals surface area contributed by atoms with Crippen molar-refractivity contribution < 1.29 is 4.79 Å². The number of piperazine rings is 1. The highest BCUT2D eigenvalue weighted by Crippen LogP contribution is 2.27. The number of amides is 1. The van der Waals surface area contributed by atoms with Gasteiger partial charge in [0, 0.05) is 55.1 Å². The molecule has 1 aliphatic rings. The first kappa shape index (κ1) is 22.0. The standard InChI is InChI=1S/C26H31N5O/c1-19(2)26-27-20(3)17-24(29-26)31-15-13-30(14-16-31)18-25(32)28-23-12-8-7-11-22(23)21-9-5-4-6-10-21/h4-12,17,19H,13-16,18H2,1-3H3,(H,28,32). The number of rotatable bonds is 6. The number of aromatic nitrogens is 2. The van der Waals surface area contributed by atoms with Crippen LogP contribution in [0.1, 0.15) is 31.3 Å². The van der Waals surface area contributed by atoms with Crippen LogP contribution in [0.2, 0.25) is 0 Å². The fraction of sp³-hybridized carbons (Fsp3) is 0.346. The van der Waals surface area contributed by atoms with Crippen molar-refractivity contribution >= 4 is 17.4 Å². The average Bonchev–Trinajstić information content (AvgIpc) is 2.80. The maximum absolute atomic E-state index is 12.8. The number of nitrogens with one attached hydrogen (secondary N) is 1. The smallest absolute Gasteiger partial charge is 0.238 e. The van der Waals surface area contributed by atoms with E-state index in [1.54, 1.807) is 0 Å². The van der Waals surface area contributed by atoms with Crippen LogP contribution >= 0.6 is 0 Å². The lowest BCUT2D eigenvalue weighted by molar-refractivity contribution is -0.117. The second-order valence-electron chi connectivity index (χ2n) is 8.60. The summed E-state index contributed by atoms with van der Waals surface area (Å²) in [5.74, 6) is 2.19. The molecule has 3 aromatic rings. The molecule has 2 aromatic carbocycles. The molecule has 1 N–H and O–H groups in total. The molecule has 1 aromatic heterocycles. The SMILES string of the molecule is Cc1cc(N2CCN(CC(=O)Nc3ccccc3-c3ccccc3)CC2)nc(C(C)C)n1. The molecule has 0 bridgehead atoms. The van der Waals surface area contributed by atoms with E-state index in [1.807, 2.05) is 49.4 Å². The molecule has 1 aliphatic heterocycles. The number of hydrogen-bond acceptors (Lipinski definition) is 5. The highest BCUT2D eigenvalue weighted by atomic mass is 16.2. The van der Waals surface area contributed by atoms with Gasteiger partial charge in [-0.15, -0.1) is 0 Å². The molecule has 0 saturated carbocycles. The lowest BCUT2D eigenvalue weighted by Gasteiger charge is -2.35. The van der Waals surface area contributed by atoms with Gasteiger partial charge in [0.25, 0.3) is 0 Å². The van der Waals surface area contributed by atoms with E-state index in [2.05, 4.69) is 52.1 Å². The summed E-state index contributed by atoms with van der Waals surface area (Å²) in [6.07, 6.45) is 0. The van der Waals surface area contributed by atoms with Crippen LogP contribution in [-0.2, 0) is 4.79 Å². The molecule has 2 heterocycles. The molecule has 6 heteroatoms. The summed E-state index contributed by atoms with van der Waals surface area (Å²) in [6, 6.07) is 20.1. The highest BCUT2D eigenvalue weighted by molar-refractivity contribution is 5.96. The molecular formula is C26H31N5O. The van der Waals surface area contributed by atoms with E-state index in [0.717, 1.165) is 60.3 Å². The van der Waals surface area contributed by atoms with Crippen LogP contribution in [0.3, 0.4) is 0 Å². The number of carbonyl (C=O) groups is 1. The molecule has 4 rings (SSSR count). The first-order valence-corrected chi connectivity index (χ1v) is 11.3. The Hall–Kier alpha value is -3.25. The average molecular weight is 430 g/mol. The van der Waals surface area contributed by atoms with E-state index in [-0.39, 0.29) is 5.91 Å². The van der Waals surface area contributed by atoms with Gasteiger partial charge in [0.15, 0.2) is 0 Å². The molecule has 166 valence electrons. The van der Waals surface area contributed by atoms with Gasteiger partial charge >= 0.3 is 0 Å². The summed E-state index contributed by atoms with van der Waals surface area (Å²) in [7, 11) is 0. The van der Waals surface area contributed by atoms with E-state index in [4.69, 9.17) is 4.98 Å². The summed E-state index contributed by atoms with van der Waals surface area (Å²) in [5.41, 5.74) is 3.97. The third-order valence-electron chi connectivity index (χ3n) is 5.72. The van der Waals surface area contributed by atoms with Gasteiger partial charge in [-0.25, -0.2) is 9.97 Å². The Morgan fingerprint density at radius 1 is 0.969 bits per heavy atom. The topological polar surface area (TPSA) is 61.4 Å². The molecule has 32 heavy (non-hydrogen) atoms. The van der Waals surface area contributed by atoms with Crippen molar-refractivity contribution in [2.24, 2.45) is 0 Å². The Morgan fingerprint density at radius 2 is 1.66 bits per heavy atom. The molecule has 6 nitrogen and oxygen atoms in total. The fourth-order valence-electron chi connectivity index (χ4n) is 3.98. The maximum Gasteiger partial charge on any atom is 0.238 e. The lowest BCUT2D eigenvalue weighted by Crippen LogP contribution is -2.49. The minimum Gasteiger partial charge on any atom is -0.354 e. The molecule has 0 radical (unpaired) electrons. The number of carbonyl (C=O) groups excluding carboxylic acids is 1. The zero-order valence-corrected chi connectivity index (χ0v) is 19.1. The normalized spacial score (nSPS) is 14.6. The summed E-state index contributed by atoms with van der Waals surface area (Å²) < 4.78 is 0. The van der Waals surface area contributed by atoms with E-state index in [0.29, 0.717) is 12.5 Å². The zero-order valence-electron chi connectivity index (χ0n) is 19.1. The highest BCUT2D eigenvalue weighted by Gasteiger charge is 2.21. The van der Waals surface area contributed by atoms with Crippen molar-refractivity contribution in [3.63, 3.8) is 0 Å². The number of hydrogen-bond donors (Lipinski definition) is 1. The Labute approximate surface area is 190 Å². The minimum atomic E-state index is 0.0156. The number of nitrogens with zero attached hydrogens (tertiary/aromatic N) is 4. The largest absolute Gasteiger partial charge is 0.354 e. The predicted molar refractivity (Wildman–Crippen MR) is 130 cm³/mol. The third-order valence-corrected chi connectivity index (χ3v) is 5.72. The zero-order chi connectivity index (χ0) is 22.5. The molecular weight excluding hydrogens is 398 g/mol. The van der Waals surface area contributed by atoms with Gasteiger partial charge in [-0.2, -0.15) is 0 Å². The van der Waals surface area contributed by atoms with E-state index in [1.165, 1.54) is 0 Å². The van der Waals surface area contributed by atoms with Gasteiger partial charge in [-0.1, -0.05) is 62.4 Å². The molecule has 1 fully saturated rings. The number of benzene rings is 2. The Balaban J connectivity index is 1.35. The van der Waals surface area contributed by atoms with Crippen molar-refractivity contribution in [1.82, 2.24) is 14.9 Å². The Morgan fingerprint density at radius 3 is 2.38 bits per heavy atom. The van der Waals surface area contributed by atoms with E-state index < -0.39 is 0 Å². The minimum absolute atomic E-state index is 0.0156. The van der Waals surface area contributed by atoms with E-state index in [9.17, 15) is 4.79 Å². The second kappa shape index (κ2) is 9.92. The van der Waals surface area contributed by atoms with Gasteiger partial charge in [-0.05, 0) is 18.6 Å². The van der Waals surface area contributed by atoms with Crippen LogP contribution in [-0.4, -0.2) is 53.5 Å². The predicted octanol–water partition coefficient (Wildman–Crippen LogP) is 4.34. The summed E-state index contributed by atoms with van der Waals surface area (Å²) in [4.78, 5) is 26.6. The van der Waals surface area contributed by atoms with Gasteiger partial charge in [0.2, 0.25) is 5.91 Å². The quantitative estimate of drug-likeness (QED) is 0.632. The van der Waals surface area contributed by atoms with Gasteiger partial charge in [0.05, 0.1) is 6.54 Å². The van der Waals surface area contributed by atoms with Crippen molar-refractivity contribution in [3.8, 4) is 11.1 Å². The molecule has 1 saturated heterocycles. The summed E-state index contributed by atoms with van der Waals surface area (Å²) >= 11 is 0. The van der Waals surface area contributed by atoms with Crippen LogP contribution in [0.5, 0.6) is 0 Å². The summed E-state index contributed by atoms with van der Waals surface area (Å²) in [5, 5.41) is 3.11. The number of aryl methyl sites for hydroxylation is 1. The van der Waals surface area contributed by atoms with Gasteiger partial charge in [0.1, 0.15) is 11.6 Å². The molecule has 0 unspecified atom stereocenters. The monoisotopic (exact) mass is 429 g/mol. The van der Waals surface area contributed by atoms with Crippen LogP contribution in [0.25, 0.3) is 11.1 Å².